The van der Waals surface area contributed by atoms with Gasteiger partial charge in [-0.25, -0.2) is 4.79 Å². The van der Waals surface area contributed by atoms with Crippen molar-refractivity contribution in [3.63, 3.8) is 0 Å². The average Bonchev–Trinajstić information content (AvgIpc) is 2.95. The number of ether oxygens (including phenoxy) is 3. The molecule has 1 aliphatic rings. The zero-order valence-corrected chi connectivity index (χ0v) is 15.0. The van der Waals surface area contributed by atoms with E-state index in [9.17, 15) is 9.59 Å². The second-order valence-electron chi connectivity index (χ2n) is 6.01. The van der Waals surface area contributed by atoms with Gasteiger partial charge in [0.05, 0.1) is 5.56 Å². The van der Waals surface area contributed by atoms with E-state index < -0.39 is 5.97 Å². The summed E-state index contributed by atoms with van der Waals surface area (Å²) in [5.74, 6) is 0.345. The van der Waals surface area contributed by atoms with Crippen LogP contribution in [0.5, 0.6) is 11.5 Å². The van der Waals surface area contributed by atoms with E-state index in [-0.39, 0.29) is 18.1 Å². The maximum absolute atomic E-state index is 12.6. The Morgan fingerprint density at radius 2 is 1.88 bits per heavy atom. The number of benzene rings is 2. The highest BCUT2D eigenvalue weighted by Gasteiger charge is 2.30. The van der Waals surface area contributed by atoms with Gasteiger partial charge >= 0.3 is 5.97 Å². The van der Waals surface area contributed by atoms with Crippen LogP contribution in [0.25, 0.3) is 6.08 Å². The maximum Gasteiger partial charge on any atom is 0.337 e. The zero-order chi connectivity index (χ0) is 18.7. The Hall–Kier alpha value is -2.92. The highest BCUT2D eigenvalue weighted by molar-refractivity contribution is 6.15. The summed E-state index contributed by atoms with van der Waals surface area (Å²) in [6, 6.07) is 11.2. The number of ketones is 1. The molecule has 0 spiro atoms. The van der Waals surface area contributed by atoms with E-state index in [0.717, 1.165) is 12.0 Å². The van der Waals surface area contributed by atoms with Crippen molar-refractivity contribution in [3.8, 4) is 11.5 Å². The number of Topliss-reactive ketones (excluding diaryl/α,β-unsaturated/α-hetero) is 1. The minimum atomic E-state index is -0.508. The van der Waals surface area contributed by atoms with E-state index in [0.29, 0.717) is 22.6 Å². The van der Waals surface area contributed by atoms with Gasteiger partial charge in [-0.15, -0.1) is 0 Å². The van der Waals surface area contributed by atoms with Gasteiger partial charge in [-0.2, -0.15) is 0 Å². The van der Waals surface area contributed by atoms with Gasteiger partial charge in [-0.05, 0) is 42.7 Å². The number of rotatable bonds is 5. The van der Waals surface area contributed by atoms with Crippen LogP contribution in [0, 0.1) is 6.92 Å². The molecule has 0 amide bonds. The van der Waals surface area contributed by atoms with E-state index in [4.69, 9.17) is 14.2 Å². The van der Waals surface area contributed by atoms with Gasteiger partial charge in [0.25, 0.3) is 0 Å². The van der Waals surface area contributed by atoms with E-state index in [2.05, 4.69) is 6.92 Å². The highest BCUT2D eigenvalue weighted by atomic mass is 16.6. The number of hydrogen-bond donors (Lipinski definition) is 0. The Labute approximate surface area is 152 Å². The van der Waals surface area contributed by atoms with E-state index >= 15 is 0 Å². The minimum absolute atomic E-state index is 0.144. The molecule has 0 saturated heterocycles. The molecule has 0 N–H and O–H groups in total. The molecule has 2 aromatic carbocycles. The molecule has 26 heavy (non-hydrogen) atoms. The van der Waals surface area contributed by atoms with Gasteiger partial charge in [0.15, 0.2) is 5.76 Å². The van der Waals surface area contributed by atoms with Crippen LogP contribution in [-0.2, 0) is 16.0 Å². The third kappa shape index (κ3) is 3.53. The molecule has 2 aromatic rings. The molecule has 0 fully saturated rings. The Morgan fingerprint density at radius 1 is 1.15 bits per heavy atom. The van der Waals surface area contributed by atoms with Gasteiger partial charge in [0.2, 0.25) is 5.78 Å². The molecule has 5 heteroatoms. The number of fused-ring (bicyclic) bond motifs is 1. The molecule has 0 atom stereocenters. The lowest BCUT2D eigenvalue weighted by Crippen LogP contribution is -2.14. The number of methoxy groups -OCH3 is 1. The molecule has 0 aliphatic carbocycles. The summed E-state index contributed by atoms with van der Waals surface area (Å²) in [7, 11) is 1.42. The topological polar surface area (TPSA) is 61.8 Å². The van der Waals surface area contributed by atoms with Crippen LogP contribution in [0.1, 0.15) is 34.0 Å². The third-order valence-electron chi connectivity index (χ3n) is 4.21. The number of carbonyl (C=O) groups excluding carboxylic acids is 2. The predicted octanol–water partition coefficient (Wildman–Crippen LogP) is 3.73. The first-order valence-corrected chi connectivity index (χ1v) is 8.40. The molecule has 0 bridgehead atoms. The van der Waals surface area contributed by atoms with Gasteiger partial charge < -0.3 is 14.2 Å². The van der Waals surface area contributed by atoms with Gasteiger partial charge in [-0.1, -0.05) is 31.2 Å². The van der Waals surface area contributed by atoms with Crippen molar-refractivity contribution in [3.05, 3.63) is 64.4 Å². The molecular weight excluding hydrogens is 332 g/mol. The highest BCUT2D eigenvalue weighted by Crippen LogP contribution is 2.39. The van der Waals surface area contributed by atoms with Crippen LogP contribution in [0.15, 0.2) is 42.2 Å². The molecule has 0 radical (unpaired) electrons. The molecule has 3 rings (SSSR count). The summed E-state index contributed by atoms with van der Waals surface area (Å²) in [5.41, 5.74) is 3.19. The first-order chi connectivity index (χ1) is 12.5. The molecule has 134 valence electrons. The van der Waals surface area contributed by atoms with Crippen LogP contribution in [-0.4, -0.2) is 25.5 Å². The summed E-state index contributed by atoms with van der Waals surface area (Å²) < 4.78 is 15.8. The van der Waals surface area contributed by atoms with Crippen molar-refractivity contribution < 1.29 is 23.8 Å². The number of esters is 1. The van der Waals surface area contributed by atoms with Crippen molar-refractivity contribution in [1.29, 1.82) is 0 Å². The van der Waals surface area contributed by atoms with Gasteiger partial charge in [0, 0.05) is 12.7 Å². The summed E-state index contributed by atoms with van der Waals surface area (Å²) in [6.45, 7) is 3.70. The van der Waals surface area contributed by atoms with Gasteiger partial charge in [-0.3, -0.25) is 4.79 Å². The van der Waals surface area contributed by atoms with E-state index in [1.165, 1.54) is 12.7 Å². The fourth-order valence-electron chi connectivity index (χ4n) is 2.75. The molecular formula is C21H20O5. The van der Waals surface area contributed by atoms with Crippen molar-refractivity contribution in [1.82, 2.24) is 0 Å². The Kier molecular flexibility index (Phi) is 5.19. The summed E-state index contributed by atoms with van der Waals surface area (Å²) in [4.78, 5) is 24.2. The van der Waals surface area contributed by atoms with E-state index in [1.54, 1.807) is 25.1 Å². The van der Waals surface area contributed by atoms with Crippen molar-refractivity contribution >= 4 is 17.8 Å². The standard InChI is InChI=1S/C21H20O5/c1-4-14-5-7-15(8-6-14)11-18-20(23)16-9-10-17(13(2)21(16)26-18)25-19(22)12-24-3/h5-11H,4,12H2,1-3H3/b18-11-. The zero-order valence-electron chi connectivity index (χ0n) is 15.0. The molecule has 1 heterocycles. The number of carbonyl (C=O) groups is 2. The number of aryl methyl sites for hydroxylation is 1. The fraction of sp³-hybridized carbons (Fsp3) is 0.238. The maximum atomic E-state index is 12.6. The normalized spacial score (nSPS) is 14.3. The fourth-order valence-corrected chi connectivity index (χ4v) is 2.75. The van der Waals surface area contributed by atoms with E-state index in [1.807, 2.05) is 24.3 Å². The quantitative estimate of drug-likeness (QED) is 0.466. The molecule has 1 aliphatic heterocycles. The first kappa shape index (κ1) is 17.9. The summed E-state index contributed by atoms with van der Waals surface area (Å²) in [6.07, 6.45) is 2.68. The summed E-state index contributed by atoms with van der Waals surface area (Å²) in [5, 5.41) is 0. The monoisotopic (exact) mass is 352 g/mol. The van der Waals surface area contributed by atoms with Crippen LogP contribution >= 0.6 is 0 Å². The first-order valence-electron chi connectivity index (χ1n) is 8.40. The Balaban J connectivity index is 1.87. The summed E-state index contributed by atoms with van der Waals surface area (Å²) >= 11 is 0. The number of hydrogen-bond acceptors (Lipinski definition) is 5. The molecule has 0 saturated carbocycles. The van der Waals surface area contributed by atoms with Crippen molar-refractivity contribution in [2.45, 2.75) is 20.3 Å². The molecule has 0 unspecified atom stereocenters. The van der Waals surface area contributed by atoms with Crippen LogP contribution in [0.4, 0.5) is 0 Å². The lowest BCUT2D eigenvalue weighted by atomic mass is 10.0. The SMILES string of the molecule is CCc1ccc(/C=C2\Oc3c(ccc(OC(=O)COC)c3C)C2=O)cc1. The second kappa shape index (κ2) is 7.54. The van der Waals surface area contributed by atoms with Crippen LogP contribution < -0.4 is 9.47 Å². The Morgan fingerprint density at radius 3 is 2.54 bits per heavy atom. The number of allylic oxidation sites excluding steroid dienone is 1. The molecule has 5 nitrogen and oxygen atoms in total. The lowest BCUT2D eigenvalue weighted by molar-refractivity contribution is -0.138. The van der Waals surface area contributed by atoms with Gasteiger partial charge in [0.1, 0.15) is 18.1 Å². The van der Waals surface area contributed by atoms with Crippen LogP contribution in [0.2, 0.25) is 0 Å². The third-order valence-corrected chi connectivity index (χ3v) is 4.21. The second-order valence-corrected chi connectivity index (χ2v) is 6.01. The average molecular weight is 352 g/mol. The largest absolute Gasteiger partial charge is 0.452 e. The predicted molar refractivity (Wildman–Crippen MR) is 97.4 cm³/mol. The lowest BCUT2D eigenvalue weighted by Gasteiger charge is -2.09. The minimum Gasteiger partial charge on any atom is -0.452 e. The van der Waals surface area contributed by atoms with Crippen molar-refractivity contribution in [2.75, 3.05) is 13.7 Å². The van der Waals surface area contributed by atoms with Crippen LogP contribution in [0.3, 0.4) is 0 Å². The smallest absolute Gasteiger partial charge is 0.337 e. The Bertz CT molecular complexity index is 878. The molecule has 0 aromatic heterocycles. The van der Waals surface area contributed by atoms with Crippen molar-refractivity contribution in [2.24, 2.45) is 0 Å².